The molecular formula is C41H39N3Si. The normalized spacial score (nSPS) is 12.2. The van der Waals surface area contributed by atoms with Gasteiger partial charge < -0.3 is 0 Å². The molecule has 4 heteroatoms. The predicted molar refractivity (Wildman–Crippen MR) is 195 cm³/mol. The molecule has 1 heterocycles. The Morgan fingerprint density at radius 1 is 0.578 bits per heavy atom. The Balaban J connectivity index is 1.64. The molecule has 0 aliphatic rings. The van der Waals surface area contributed by atoms with E-state index in [0.717, 1.165) is 33.3 Å². The molecule has 7 rings (SSSR count). The van der Waals surface area contributed by atoms with E-state index in [1.54, 1.807) is 0 Å². The van der Waals surface area contributed by atoms with Crippen molar-refractivity contribution in [3.63, 3.8) is 0 Å². The van der Waals surface area contributed by atoms with Gasteiger partial charge in [-0.3, -0.25) is 0 Å². The number of hydrogen-bond acceptors (Lipinski definition) is 2. The lowest BCUT2D eigenvalue weighted by atomic mass is 9.88. The van der Waals surface area contributed by atoms with Crippen LogP contribution in [0.5, 0.6) is 0 Å². The van der Waals surface area contributed by atoms with Gasteiger partial charge in [0.15, 0.2) is 0 Å². The minimum atomic E-state index is -1.99. The fraction of sp³-hybridized carbons (Fsp3) is 0.220. The van der Waals surface area contributed by atoms with E-state index in [0.29, 0.717) is 16.6 Å². The van der Waals surface area contributed by atoms with Crippen LogP contribution in [0.2, 0.25) is 16.6 Å². The third-order valence-electron chi connectivity index (χ3n) is 9.89. The van der Waals surface area contributed by atoms with Gasteiger partial charge in [0.25, 0.3) is 0 Å². The van der Waals surface area contributed by atoms with Crippen molar-refractivity contribution in [1.29, 1.82) is 0 Å². The van der Waals surface area contributed by atoms with Crippen molar-refractivity contribution in [3.05, 3.63) is 115 Å². The number of benzene rings is 6. The van der Waals surface area contributed by atoms with Crippen molar-refractivity contribution in [2.24, 2.45) is 0 Å². The molecule has 0 fully saturated rings. The van der Waals surface area contributed by atoms with Crippen LogP contribution in [0.1, 0.15) is 47.1 Å². The average Bonchev–Trinajstić information content (AvgIpc) is 3.53. The Labute approximate surface area is 266 Å². The van der Waals surface area contributed by atoms with E-state index in [1.807, 2.05) is 22.9 Å². The van der Waals surface area contributed by atoms with Gasteiger partial charge in [0.2, 0.25) is 0 Å². The van der Waals surface area contributed by atoms with Gasteiger partial charge in [-0.1, -0.05) is 119 Å². The maximum Gasteiger partial charge on any atom is 0.146 e. The zero-order chi connectivity index (χ0) is 31.3. The quantitative estimate of drug-likeness (QED) is 0.112. The number of aromatic nitrogens is 3. The number of nitrogens with zero attached hydrogens (tertiary/aromatic N) is 3. The molecule has 7 aromatic rings. The highest BCUT2D eigenvalue weighted by atomic mass is 28.3. The summed E-state index contributed by atoms with van der Waals surface area (Å²) in [5, 5.41) is 18.9. The molecule has 0 unspecified atom stereocenters. The summed E-state index contributed by atoms with van der Waals surface area (Å²) in [6, 6.07) is 36.8. The van der Waals surface area contributed by atoms with Crippen LogP contribution in [0.25, 0.3) is 60.0 Å². The van der Waals surface area contributed by atoms with Crippen LogP contribution in [0.15, 0.2) is 109 Å². The van der Waals surface area contributed by atoms with E-state index in [4.69, 9.17) is 5.10 Å². The van der Waals surface area contributed by atoms with Crippen molar-refractivity contribution in [2.45, 2.75) is 58.2 Å². The second-order valence-corrected chi connectivity index (χ2v) is 18.9. The van der Waals surface area contributed by atoms with Crippen LogP contribution in [0.4, 0.5) is 0 Å². The van der Waals surface area contributed by atoms with Crippen LogP contribution < -0.4 is 0 Å². The lowest BCUT2D eigenvalue weighted by molar-refractivity contribution is 0.804. The average molecular weight is 602 g/mol. The molecule has 0 saturated heterocycles. The van der Waals surface area contributed by atoms with Crippen molar-refractivity contribution >= 4 is 51.2 Å². The Morgan fingerprint density at radius 2 is 1.02 bits per heavy atom. The minimum absolute atomic E-state index is 0.552. The first kappa shape index (κ1) is 29.0. The SMILES string of the molecule is CC(C)[Si](C#Cc1c2cc3ccccc3cc2c(-c2cn(-c3ccccc3)nn2)c2cc3ccccc3cc12)(C(C)C)C(C)C. The van der Waals surface area contributed by atoms with Gasteiger partial charge in [-0.25, -0.2) is 4.68 Å². The Morgan fingerprint density at radius 3 is 1.49 bits per heavy atom. The molecule has 0 amide bonds. The summed E-state index contributed by atoms with van der Waals surface area (Å²) in [5.41, 5.74) is 9.79. The number of hydrogen-bond donors (Lipinski definition) is 0. The zero-order valence-corrected chi connectivity index (χ0v) is 28.0. The van der Waals surface area contributed by atoms with Crippen LogP contribution >= 0.6 is 0 Å². The van der Waals surface area contributed by atoms with E-state index in [9.17, 15) is 0 Å². The molecule has 0 aliphatic carbocycles. The van der Waals surface area contributed by atoms with Gasteiger partial charge in [0.05, 0.1) is 11.9 Å². The molecule has 0 saturated carbocycles. The lowest BCUT2D eigenvalue weighted by Gasteiger charge is -2.38. The first-order valence-corrected chi connectivity index (χ1v) is 18.3. The van der Waals surface area contributed by atoms with Crippen molar-refractivity contribution in [3.8, 4) is 28.4 Å². The summed E-state index contributed by atoms with van der Waals surface area (Å²) in [7, 11) is -1.99. The number of para-hydroxylation sites is 1. The minimum Gasteiger partial charge on any atom is -0.220 e. The standard InChI is InChI=1S/C41H39N3Si/c1-27(2)45(28(3)4,29(5)6)21-20-35-36-22-30-14-10-12-16-32(30)24-38(36)41(39-25-33-17-13-11-15-31(33)23-37(35)39)40-26-44(43-42-40)34-18-8-7-9-19-34/h7-19,22-29H,1-6H3. The number of fused-ring (bicyclic) bond motifs is 4. The zero-order valence-electron chi connectivity index (χ0n) is 27.0. The largest absolute Gasteiger partial charge is 0.220 e. The molecule has 45 heavy (non-hydrogen) atoms. The molecule has 0 bridgehead atoms. The third-order valence-corrected chi connectivity index (χ3v) is 16.2. The Kier molecular flexibility index (Phi) is 7.30. The summed E-state index contributed by atoms with van der Waals surface area (Å²) in [4.78, 5) is 0. The monoisotopic (exact) mass is 601 g/mol. The summed E-state index contributed by atoms with van der Waals surface area (Å²) in [5.74, 6) is 3.93. The summed E-state index contributed by atoms with van der Waals surface area (Å²) < 4.78 is 1.87. The smallest absolute Gasteiger partial charge is 0.146 e. The summed E-state index contributed by atoms with van der Waals surface area (Å²) in [6.45, 7) is 14.3. The summed E-state index contributed by atoms with van der Waals surface area (Å²) in [6.07, 6.45) is 2.06. The van der Waals surface area contributed by atoms with E-state index in [2.05, 4.69) is 149 Å². The highest BCUT2D eigenvalue weighted by molar-refractivity contribution is 6.90. The predicted octanol–water partition coefficient (Wildman–Crippen LogP) is 11.1. The Hall–Kier alpha value is -4.72. The van der Waals surface area contributed by atoms with Gasteiger partial charge in [-0.15, -0.1) is 10.6 Å². The molecular weight excluding hydrogens is 563 g/mol. The van der Waals surface area contributed by atoms with E-state index >= 15 is 0 Å². The topological polar surface area (TPSA) is 30.7 Å². The van der Waals surface area contributed by atoms with Crippen molar-refractivity contribution in [1.82, 2.24) is 15.0 Å². The van der Waals surface area contributed by atoms with Gasteiger partial charge in [0.1, 0.15) is 13.8 Å². The first-order chi connectivity index (χ1) is 21.8. The van der Waals surface area contributed by atoms with Crippen LogP contribution in [0, 0.1) is 11.5 Å². The molecule has 6 aromatic carbocycles. The van der Waals surface area contributed by atoms with E-state index in [1.165, 1.54) is 32.3 Å². The summed E-state index contributed by atoms with van der Waals surface area (Å²) >= 11 is 0. The molecule has 3 nitrogen and oxygen atoms in total. The molecule has 0 spiro atoms. The van der Waals surface area contributed by atoms with Gasteiger partial charge in [-0.2, -0.15) is 0 Å². The van der Waals surface area contributed by atoms with E-state index < -0.39 is 8.07 Å². The van der Waals surface area contributed by atoms with Crippen LogP contribution in [-0.4, -0.2) is 23.1 Å². The highest BCUT2D eigenvalue weighted by Crippen LogP contribution is 2.44. The van der Waals surface area contributed by atoms with Gasteiger partial charge in [-0.05, 0) is 96.1 Å². The fourth-order valence-electron chi connectivity index (χ4n) is 7.70. The van der Waals surface area contributed by atoms with Crippen molar-refractivity contribution < 1.29 is 0 Å². The third kappa shape index (κ3) is 4.83. The van der Waals surface area contributed by atoms with Crippen molar-refractivity contribution in [2.75, 3.05) is 0 Å². The van der Waals surface area contributed by atoms with Crippen LogP contribution in [0.3, 0.4) is 0 Å². The van der Waals surface area contributed by atoms with E-state index in [-0.39, 0.29) is 0 Å². The molecule has 0 atom stereocenters. The van der Waals surface area contributed by atoms with Gasteiger partial charge >= 0.3 is 0 Å². The maximum absolute atomic E-state index is 4.79. The van der Waals surface area contributed by atoms with Gasteiger partial charge in [0, 0.05) is 11.1 Å². The molecule has 1 aromatic heterocycles. The number of rotatable bonds is 5. The highest BCUT2D eigenvalue weighted by Gasteiger charge is 2.41. The second kappa shape index (κ2) is 11.3. The Bertz CT molecular complexity index is 2150. The molecule has 0 N–H and O–H groups in total. The molecule has 222 valence electrons. The lowest BCUT2D eigenvalue weighted by Crippen LogP contribution is -2.43. The first-order valence-electron chi connectivity index (χ1n) is 16.1. The fourth-order valence-corrected chi connectivity index (χ4v) is 12.9. The molecule has 0 aliphatic heterocycles. The van der Waals surface area contributed by atoms with Crippen LogP contribution in [-0.2, 0) is 0 Å². The second-order valence-electron chi connectivity index (χ2n) is 13.3. The maximum atomic E-state index is 4.79. The molecule has 0 radical (unpaired) electrons.